The lowest BCUT2D eigenvalue weighted by atomic mass is 10.2. The van der Waals surface area contributed by atoms with Gasteiger partial charge in [0.2, 0.25) is 5.49 Å². The van der Waals surface area contributed by atoms with Gasteiger partial charge in [0.05, 0.1) is 16.9 Å². The van der Waals surface area contributed by atoms with Crippen molar-refractivity contribution in [3.05, 3.63) is 39.7 Å². The summed E-state index contributed by atoms with van der Waals surface area (Å²) in [5.74, 6) is 10.6. The van der Waals surface area contributed by atoms with Gasteiger partial charge in [-0.2, -0.15) is 9.89 Å². The van der Waals surface area contributed by atoms with Gasteiger partial charge in [-0.05, 0) is 12.1 Å². The average molecular weight is 363 g/mol. The van der Waals surface area contributed by atoms with Crippen LogP contribution in [-0.2, 0) is 0 Å². The summed E-state index contributed by atoms with van der Waals surface area (Å²) in [4.78, 5) is 27.9. The first-order chi connectivity index (χ1) is 11.8. The van der Waals surface area contributed by atoms with E-state index in [1.54, 1.807) is 0 Å². The minimum atomic E-state index is -1.42. The number of carboxylic acids is 1. The van der Waals surface area contributed by atoms with E-state index in [0.717, 1.165) is 6.07 Å². The lowest BCUT2D eigenvalue weighted by molar-refractivity contribution is 0.0691. The van der Waals surface area contributed by atoms with E-state index in [-0.39, 0.29) is 33.3 Å². The molecule has 2 aromatic rings. The molecular formula is C13H11ClN8O3. The Balaban J connectivity index is 2.48. The molecule has 2 aromatic heterocycles. The number of anilines is 2. The predicted molar refractivity (Wildman–Crippen MR) is 88.6 cm³/mol. The molecule has 0 aliphatic heterocycles. The number of hydrogen-bond acceptors (Lipinski definition) is 8. The van der Waals surface area contributed by atoms with Crippen molar-refractivity contribution >= 4 is 34.9 Å². The van der Waals surface area contributed by atoms with Crippen molar-refractivity contribution in [2.24, 2.45) is 10.9 Å². The fourth-order valence-corrected chi connectivity index (χ4v) is 2.01. The number of carbonyl (C=O) groups is 2. The first kappa shape index (κ1) is 17.6. The molecule has 8 N–H and O–H groups in total. The number of pyridine rings is 1. The number of terminal acetylenes is 1. The molecule has 25 heavy (non-hydrogen) atoms. The number of aromatic carboxylic acids is 1. The molecule has 0 aliphatic rings. The molecule has 0 spiro atoms. The summed E-state index contributed by atoms with van der Waals surface area (Å²) in [5.41, 5.74) is 4.80. The molecule has 0 unspecified atom stereocenters. The van der Waals surface area contributed by atoms with Gasteiger partial charge in [-0.3, -0.25) is 4.79 Å². The molecule has 1 amide bonds. The second kappa shape index (κ2) is 6.77. The van der Waals surface area contributed by atoms with Gasteiger partial charge in [-0.1, -0.05) is 17.5 Å². The maximum atomic E-state index is 12.3. The van der Waals surface area contributed by atoms with E-state index in [1.807, 2.05) is 0 Å². The van der Waals surface area contributed by atoms with Crippen molar-refractivity contribution in [3.63, 3.8) is 0 Å². The van der Waals surface area contributed by atoms with Crippen molar-refractivity contribution in [2.45, 2.75) is 0 Å². The fourth-order valence-electron chi connectivity index (χ4n) is 1.82. The quantitative estimate of drug-likeness (QED) is 0.197. The number of amides is 1. The molecule has 0 fully saturated rings. The maximum Gasteiger partial charge on any atom is 0.356 e. The molecule has 12 heteroatoms. The number of carbonyl (C=O) groups excluding carboxylic acids is 1. The zero-order valence-electron chi connectivity index (χ0n) is 12.4. The molecule has 0 saturated carbocycles. The SMILES string of the molecule is C#Cc1cc(NC(=O)c2cc(N)/c(=N/N)n(N)n2)c(C(=O)O)nc1Cl. The van der Waals surface area contributed by atoms with Gasteiger partial charge >= 0.3 is 5.97 Å². The van der Waals surface area contributed by atoms with Gasteiger partial charge in [-0.15, -0.1) is 11.5 Å². The third-order valence-electron chi connectivity index (χ3n) is 2.92. The smallest absolute Gasteiger partial charge is 0.356 e. The fraction of sp³-hybridized carbons (Fsp3) is 0. The number of nitrogens with two attached hydrogens (primary N) is 3. The van der Waals surface area contributed by atoms with Crippen LogP contribution in [0.5, 0.6) is 0 Å². The van der Waals surface area contributed by atoms with Gasteiger partial charge in [0.25, 0.3) is 5.91 Å². The molecule has 0 atom stereocenters. The molecule has 0 aliphatic carbocycles. The van der Waals surface area contributed by atoms with Gasteiger partial charge < -0.3 is 27.8 Å². The Labute approximate surface area is 145 Å². The first-order valence-corrected chi connectivity index (χ1v) is 6.77. The molecule has 2 rings (SSSR count). The van der Waals surface area contributed by atoms with Crippen molar-refractivity contribution in [3.8, 4) is 12.3 Å². The van der Waals surface area contributed by atoms with Crippen molar-refractivity contribution < 1.29 is 14.7 Å². The van der Waals surface area contributed by atoms with Crippen LogP contribution in [0.4, 0.5) is 11.4 Å². The summed E-state index contributed by atoms with van der Waals surface area (Å²) in [6.45, 7) is 0. The van der Waals surface area contributed by atoms with Crippen LogP contribution >= 0.6 is 11.6 Å². The second-order valence-corrected chi connectivity index (χ2v) is 4.87. The zero-order valence-corrected chi connectivity index (χ0v) is 13.2. The number of nitrogen functional groups attached to an aromatic ring is 2. The Morgan fingerprint density at radius 3 is 2.64 bits per heavy atom. The lowest BCUT2D eigenvalue weighted by Crippen LogP contribution is -2.35. The zero-order chi connectivity index (χ0) is 18.7. The average Bonchev–Trinajstić information content (AvgIpc) is 2.55. The molecule has 0 saturated heterocycles. The third-order valence-corrected chi connectivity index (χ3v) is 3.21. The lowest BCUT2D eigenvalue weighted by Gasteiger charge is -2.10. The van der Waals surface area contributed by atoms with E-state index >= 15 is 0 Å². The standard InChI is InChI=1S/C13H11ClN8O3/c1-2-5-3-7(9(13(24)25)19-10(5)14)18-12(23)8-4-6(15)11(20-16)22(17)21-8/h1,3-4H,15-17H2,(H,18,23)(H,24,25)/b20-11-. The van der Waals surface area contributed by atoms with Gasteiger partial charge in [-0.25, -0.2) is 9.78 Å². The van der Waals surface area contributed by atoms with Crippen LogP contribution in [0.25, 0.3) is 0 Å². The molecular weight excluding hydrogens is 352 g/mol. The topological polar surface area (TPSA) is 188 Å². The van der Waals surface area contributed by atoms with Gasteiger partial charge in [0, 0.05) is 0 Å². The minimum Gasteiger partial charge on any atom is -0.476 e. The number of carboxylic acid groups (broad SMARTS) is 1. The monoisotopic (exact) mass is 362 g/mol. The first-order valence-electron chi connectivity index (χ1n) is 6.39. The Morgan fingerprint density at radius 2 is 2.12 bits per heavy atom. The number of halogens is 1. The Kier molecular flexibility index (Phi) is 4.76. The Morgan fingerprint density at radius 1 is 1.44 bits per heavy atom. The molecule has 0 bridgehead atoms. The highest BCUT2D eigenvalue weighted by Crippen LogP contribution is 2.22. The van der Waals surface area contributed by atoms with Crippen LogP contribution in [0.15, 0.2) is 17.2 Å². The Hall–Kier alpha value is -3.78. The van der Waals surface area contributed by atoms with E-state index < -0.39 is 17.6 Å². The van der Waals surface area contributed by atoms with Crippen LogP contribution in [0.3, 0.4) is 0 Å². The summed E-state index contributed by atoms with van der Waals surface area (Å²) in [5, 5.41) is 18.4. The normalized spacial score (nSPS) is 11.0. The summed E-state index contributed by atoms with van der Waals surface area (Å²) < 4.78 is 0. The predicted octanol–water partition coefficient (Wildman–Crippen LogP) is -1.07. The number of nitrogens with zero attached hydrogens (tertiary/aromatic N) is 4. The van der Waals surface area contributed by atoms with Crippen molar-refractivity contribution in [1.29, 1.82) is 0 Å². The molecule has 0 aromatic carbocycles. The number of aromatic nitrogens is 3. The van der Waals surface area contributed by atoms with E-state index in [4.69, 9.17) is 35.4 Å². The van der Waals surface area contributed by atoms with E-state index in [1.165, 1.54) is 6.07 Å². The second-order valence-electron chi connectivity index (χ2n) is 4.51. The highest BCUT2D eigenvalue weighted by molar-refractivity contribution is 6.31. The van der Waals surface area contributed by atoms with Crippen LogP contribution in [0, 0.1) is 12.3 Å². The summed E-state index contributed by atoms with van der Waals surface area (Å²) in [6, 6.07) is 2.36. The van der Waals surface area contributed by atoms with Gasteiger partial charge in [0.15, 0.2) is 11.4 Å². The molecule has 11 nitrogen and oxygen atoms in total. The number of rotatable bonds is 3. The van der Waals surface area contributed by atoms with E-state index in [0.29, 0.717) is 4.79 Å². The number of hydrogen-bond donors (Lipinski definition) is 5. The highest BCUT2D eigenvalue weighted by Gasteiger charge is 2.19. The van der Waals surface area contributed by atoms with Crippen LogP contribution in [-0.4, -0.2) is 31.9 Å². The van der Waals surface area contributed by atoms with E-state index in [9.17, 15) is 14.7 Å². The van der Waals surface area contributed by atoms with Crippen molar-refractivity contribution in [1.82, 2.24) is 14.9 Å². The summed E-state index contributed by atoms with van der Waals surface area (Å²) >= 11 is 5.77. The molecule has 2 heterocycles. The summed E-state index contributed by atoms with van der Waals surface area (Å²) in [7, 11) is 0. The van der Waals surface area contributed by atoms with Crippen LogP contribution in [0.2, 0.25) is 5.15 Å². The number of nitrogens with one attached hydrogen (secondary N) is 1. The van der Waals surface area contributed by atoms with Crippen LogP contribution < -0.4 is 28.2 Å². The largest absolute Gasteiger partial charge is 0.476 e. The highest BCUT2D eigenvalue weighted by atomic mass is 35.5. The minimum absolute atomic E-state index is 0.0119. The summed E-state index contributed by atoms with van der Waals surface area (Å²) in [6.07, 6.45) is 5.25. The van der Waals surface area contributed by atoms with E-state index in [2.05, 4.69) is 26.4 Å². The molecule has 128 valence electrons. The maximum absolute atomic E-state index is 12.3. The Bertz CT molecular complexity index is 966. The van der Waals surface area contributed by atoms with Crippen molar-refractivity contribution in [2.75, 3.05) is 16.9 Å². The molecule has 0 radical (unpaired) electrons. The van der Waals surface area contributed by atoms with Gasteiger partial charge in [0.1, 0.15) is 5.15 Å². The van der Waals surface area contributed by atoms with Crippen LogP contribution in [0.1, 0.15) is 26.5 Å². The third kappa shape index (κ3) is 3.43.